The maximum Gasteiger partial charge on any atom is 0.137 e. The third-order valence-electron chi connectivity index (χ3n) is 4.62. The summed E-state index contributed by atoms with van der Waals surface area (Å²) in [6.45, 7) is 5.52. The second-order valence-electron chi connectivity index (χ2n) is 6.16. The van der Waals surface area contributed by atoms with Crippen LogP contribution in [0.25, 0.3) is 0 Å². The molecular weight excluding hydrogens is 331 g/mol. The van der Waals surface area contributed by atoms with Gasteiger partial charge in [-0.25, -0.2) is 4.39 Å². The zero-order valence-corrected chi connectivity index (χ0v) is 14.6. The first-order valence-corrected chi connectivity index (χ1v) is 8.78. The molecule has 2 rings (SSSR count). The third kappa shape index (κ3) is 4.27. The van der Waals surface area contributed by atoms with E-state index in [4.69, 9.17) is 5.73 Å². The van der Waals surface area contributed by atoms with Crippen molar-refractivity contribution in [2.75, 3.05) is 6.54 Å². The van der Waals surface area contributed by atoms with Crippen molar-refractivity contribution >= 4 is 15.9 Å². The van der Waals surface area contributed by atoms with Gasteiger partial charge in [-0.3, -0.25) is 4.90 Å². The number of hydrogen-bond acceptors (Lipinski definition) is 2. The van der Waals surface area contributed by atoms with E-state index in [1.807, 2.05) is 12.1 Å². The Hall–Kier alpha value is -0.450. The lowest BCUT2D eigenvalue weighted by molar-refractivity contribution is 0.107. The van der Waals surface area contributed by atoms with E-state index in [1.165, 1.54) is 18.4 Å². The summed E-state index contributed by atoms with van der Waals surface area (Å²) in [4.78, 5) is 2.57. The van der Waals surface area contributed by atoms with Crippen LogP contribution >= 0.6 is 15.9 Å². The van der Waals surface area contributed by atoms with Crippen LogP contribution in [0.3, 0.4) is 0 Å². The first-order chi connectivity index (χ1) is 10.0. The number of nitrogens with zero attached hydrogens (tertiary/aromatic N) is 1. The maximum atomic E-state index is 13.4. The Labute approximate surface area is 136 Å². The van der Waals surface area contributed by atoms with Gasteiger partial charge in [0.1, 0.15) is 5.82 Å². The van der Waals surface area contributed by atoms with Gasteiger partial charge in [0.25, 0.3) is 0 Å². The highest BCUT2D eigenvalue weighted by atomic mass is 79.9. The maximum absolute atomic E-state index is 13.4. The molecule has 2 N–H and O–H groups in total. The van der Waals surface area contributed by atoms with Gasteiger partial charge in [-0.15, -0.1) is 0 Å². The summed E-state index contributed by atoms with van der Waals surface area (Å²) in [6.07, 6.45) is 5.71. The standard InChI is InChI=1S/C17H26BrFN2/c1-3-10-21(15-7-5-14(20)6-8-15)12(2)13-4-9-17(19)16(18)11-13/h4,9,11-12,14-15H,3,5-8,10,20H2,1-2H3. The van der Waals surface area contributed by atoms with Crippen molar-refractivity contribution in [3.63, 3.8) is 0 Å². The number of rotatable bonds is 5. The lowest BCUT2D eigenvalue weighted by atomic mass is 9.89. The smallest absolute Gasteiger partial charge is 0.137 e. The van der Waals surface area contributed by atoms with Crippen LogP contribution in [0, 0.1) is 5.82 Å². The van der Waals surface area contributed by atoms with Crippen LogP contribution in [-0.4, -0.2) is 23.5 Å². The average Bonchev–Trinajstić information content (AvgIpc) is 2.48. The molecule has 1 aliphatic carbocycles. The first kappa shape index (κ1) is 16.9. The van der Waals surface area contributed by atoms with Crippen molar-refractivity contribution in [2.24, 2.45) is 5.73 Å². The van der Waals surface area contributed by atoms with Crippen molar-refractivity contribution in [2.45, 2.75) is 64.1 Å². The van der Waals surface area contributed by atoms with Gasteiger partial charge in [0.15, 0.2) is 0 Å². The number of hydrogen-bond donors (Lipinski definition) is 1. The van der Waals surface area contributed by atoms with Gasteiger partial charge in [0.05, 0.1) is 4.47 Å². The lowest BCUT2D eigenvalue weighted by Gasteiger charge is -2.40. The molecule has 0 bridgehead atoms. The van der Waals surface area contributed by atoms with Crippen LogP contribution in [0.15, 0.2) is 22.7 Å². The van der Waals surface area contributed by atoms with E-state index in [-0.39, 0.29) is 5.82 Å². The van der Waals surface area contributed by atoms with Crippen LogP contribution in [0.5, 0.6) is 0 Å². The molecule has 1 unspecified atom stereocenters. The Morgan fingerprint density at radius 2 is 2.00 bits per heavy atom. The Kier molecular flexibility index (Phi) is 6.20. The Balaban J connectivity index is 2.14. The lowest BCUT2D eigenvalue weighted by Crippen LogP contribution is -2.42. The molecule has 0 radical (unpaired) electrons. The second kappa shape index (κ2) is 7.70. The molecule has 1 fully saturated rings. The number of halogens is 2. The molecule has 1 atom stereocenters. The van der Waals surface area contributed by atoms with Crippen LogP contribution < -0.4 is 5.73 Å². The highest BCUT2D eigenvalue weighted by Gasteiger charge is 2.27. The molecule has 1 aromatic rings. The summed E-state index contributed by atoms with van der Waals surface area (Å²) in [5.74, 6) is -0.198. The highest BCUT2D eigenvalue weighted by molar-refractivity contribution is 9.10. The SMILES string of the molecule is CCCN(C1CCC(N)CC1)C(C)c1ccc(F)c(Br)c1. The minimum Gasteiger partial charge on any atom is -0.328 e. The van der Waals surface area contributed by atoms with Crippen molar-refractivity contribution in [3.05, 3.63) is 34.1 Å². The van der Waals surface area contributed by atoms with Gasteiger partial charge in [-0.2, -0.15) is 0 Å². The molecule has 1 aliphatic rings. The van der Waals surface area contributed by atoms with E-state index in [2.05, 4.69) is 34.7 Å². The molecule has 118 valence electrons. The van der Waals surface area contributed by atoms with E-state index >= 15 is 0 Å². The number of nitrogens with two attached hydrogens (primary N) is 1. The van der Waals surface area contributed by atoms with E-state index in [0.717, 1.165) is 25.8 Å². The van der Waals surface area contributed by atoms with E-state index in [0.29, 0.717) is 22.6 Å². The summed E-state index contributed by atoms with van der Waals surface area (Å²) in [5.41, 5.74) is 7.20. The Bertz CT molecular complexity index is 458. The average molecular weight is 357 g/mol. The van der Waals surface area contributed by atoms with Gasteiger partial charge in [-0.05, 0) is 79.2 Å². The zero-order chi connectivity index (χ0) is 15.4. The summed E-state index contributed by atoms with van der Waals surface area (Å²) < 4.78 is 14.0. The molecule has 4 heteroatoms. The van der Waals surface area contributed by atoms with Crippen molar-refractivity contribution in [3.8, 4) is 0 Å². The van der Waals surface area contributed by atoms with Crippen molar-refractivity contribution < 1.29 is 4.39 Å². The van der Waals surface area contributed by atoms with Gasteiger partial charge >= 0.3 is 0 Å². The minimum absolute atomic E-state index is 0.198. The van der Waals surface area contributed by atoms with Gasteiger partial charge in [0.2, 0.25) is 0 Å². The second-order valence-corrected chi connectivity index (χ2v) is 7.01. The fourth-order valence-corrected chi connectivity index (χ4v) is 3.74. The van der Waals surface area contributed by atoms with Crippen LogP contribution in [-0.2, 0) is 0 Å². The monoisotopic (exact) mass is 356 g/mol. The van der Waals surface area contributed by atoms with Gasteiger partial charge < -0.3 is 5.73 Å². The van der Waals surface area contributed by atoms with E-state index < -0.39 is 0 Å². The highest BCUT2D eigenvalue weighted by Crippen LogP contribution is 2.31. The molecule has 0 saturated heterocycles. The summed E-state index contributed by atoms with van der Waals surface area (Å²) in [6, 6.07) is 6.65. The Morgan fingerprint density at radius 3 is 2.57 bits per heavy atom. The first-order valence-electron chi connectivity index (χ1n) is 7.99. The molecule has 0 aromatic heterocycles. The summed E-state index contributed by atoms with van der Waals surface area (Å²) in [5, 5.41) is 0. The summed E-state index contributed by atoms with van der Waals surface area (Å²) >= 11 is 3.30. The van der Waals surface area contributed by atoms with E-state index in [1.54, 1.807) is 6.07 Å². The van der Waals surface area contributed by atoms with Crippen LogP contribution in [0.2, 0.25) is 0 Å². The van der Waals surface area contributed by atoms with E-state index in [9.17, 15) is 4.39 Å². The molecule has 1 saturated carbocycles. The topological polar surface area (TPSA) is 29.3 Å². The molecule has 2 nitrogen and oxygen atoms in total. The quantitative estimate of drug-likeness (QED) is 0.832. The van der Waals surface area contributed by atoms with Crippen LogP contribution in [0.4, 0.5) is 4.39 Å². The van der Waals surface area contributed by atoms with Gasteiger partial charge in [0, 0.05) is 18.1 Å². The molecule has 21 heavy (non-hydrogen) atoms. The minimum atomic E-state index is -0.198. The molecule has 0 heterocycles. The Morgan fingerprint density at radius 1 is 1.33 bits per heavy atom. The fraction of sp³-hybridized carbons (Fsp3) is 0.647. The normalized spacial score (nSPS) is 24.3. The van der Waals surface area contributed by atoms with Crippen molar-refractivity contribution in [1.82, 2.24) is 4.90 Å². The molecule has 1 aromatic carbocycles. The van der Waals surface area contributed by atoms with Crippen molar-refractivity contribution in [1.29, 1.82) is 0 Å². The molecule has 0 spiro atoms. The zero-order valence-electron chi connectivity index (χ0n) is 13.0. The molecule has 0 aliphatic heterocycles. The predicted molar refractivity (Wildman–Crippen MR) is 89.7 cm³/mol. The number of benzene rings is 1. The third-order valence-corrected chi connectivity index (χ3v) is 5.22. The molecule has 0 amide bonds. The predicted octanol–water partition coefficient (Wildman–Crippen LogP) is 4.63. The molecular formula is C17H26BrFN2. The fourth-order valence-electron chi connectivity index (χ4n) is 3.35. The van der Waals surface area contributed by atoms with Gasteiger partial charge in [-0.1, -0.05) is 13.0 Å². The summed E-state index contributed by atoms with van der Waals surface area (Å²) in [7, 11) is 0. The largest absolute Gasteiger partial charge is 0.328 e. The van der Waals surface area contributed by atoms with Crippen LogP contribution in [0.1, 0.15) is 57.6 Å².